The van der Waals surface area contributed by atoms with Crippen LogP contribution in [-0.4, -0.2) is 49.3 Å². The molecule has 3 heteroatoms. The van der Waals surface area contributed by atoms with E-state index < -0.39 is 0 Å². The van der Waals surface area contributed by atoms with Gasteiger partial charge in [0, 0.05) is 12.6 Å². The van der Waals surface area contributed by atoms with Crippen molar-refractivity contribution in [2.75, 3.05) is 26.7 Å². The van der Waals surface area contributed by atoms with Crippen LogP contribution in [0.3, 0.4) is 0 Å². The van der Waals surface area contributed by atoms with Crippen molar-refractivity contribution in [2.45, 2.75) is 82.0 Å². The zero-order chi connectivity index (χ0) is 13.8. The number of nitrogens with one attached hydrogen (secondary N) is 1. The molecule has 1 spiro atoms. The number of piperidine rings is 1. The molecule has 3 nitrogen and oxygen atoms in total. The van der Waals surface area contributed by atoms with Gasteiger partial charge in [-0.3, -0.25) is 0 Å². The van der Waals surface area contributed by atoms with E-state index in [4.69, 9.17) is 4.74 Å². The molecule has 3 aliphatic rings. The highest BCUT2D eigenvalue weighted by molar-refractivity contribution is 4.93. The molecule has 3 fully saturated rings. The first-order chi connectivity index (χ1) is 9.76. The molecule has 0 aromatic carbocycles. The number of ether oxygens (including phenoxy) is 1. The van der Waals surface area contributed by atoms with Crippen LogP contribution in [0.4, 0.5) is 0 Å². The topological polar surface area (TPSA) is 24.5 Å². The molecule has 2 heterocycles. The zero-order valence-electron chi connectivity index (χ0n) is 13.2. The van der Waals surface area contributed by atoms with Gasteiger partial charge in [-0.1, -0.05) is 19.3 Å². The highest BCUT2D eigenvalue weighted by atomic mass is 16.5. The molecule has 1 N–H and O–H groups in total. The minimum absolute atomic E-state index is 0.302. The minimum Gasteiger partial charge on any atom is -0.370 e. The Morgan fingerprint density at radius 1 is 1.10 bits per heavy atom. The lowest BCUT2D eigenvalue weighted by Gasteiger charge is -2.28. The molecule has 0 amide bonds. The van der Waals surface area contributed by atoms with Crippen LogP contribution in [0.5, 0.6) is 0 Å². The maximum Gasteiger partial charge on any atom is 0.0710 e. The van der Waals surface area contributed by atoms with Crippen molar-refractivity contribution in [3.05, 3.63) is 0 Å². The fourth-order valence-corrected chi connectivity index (χ4v) is 4.40. The Kier molecular flexibility index (Phi) is 5.00. The SMILES string of the molecule is CN(CCC1CCCCN1)CC1CCC2(CCCC2)O1. The summed E-state index contributed by atoms with van der Waals surface area (Å²) in [6.45, 7) is 3.57. The molecule has 2 saturated heterocycles. The van der Waals surface area contributed by atoms with Gasteiger partial charge in [0.1, 0.15) is 0 Å². The molecule has 1 saturated carbocycles. The second kappa shape index (κ2) is 6.76. The van der Waals surface area contributed by atoms with Gasteiger partial charge in [-0.05, 0) is 65.1 Å². The third-order valence-electron chi connectivity index (χ3n) is 5.64. The van der Waals surface area contributed by atoms with E-state index >= 15 is 0 Å². The molecule has 20 heavy (non-hydrogen) atoms. The van der Waals surface area contributed by atoms with Gasteiger partial charge in [-0.2, -0.15) is 0 Å². The Bertz CT molecular complexity index is 295. The molecule has 0 radical (unpaired) electrons. The monoisotopic (exact) mass is 280 g/mol. The van der Waals surface area contributed by atoms with Gasteiger partial charge in [0.25, 0.3) is 0 Å². The van der Waals surface area contributed by atoms with Crippen LogP contribution in [0.1, 0.15) is 64.2 Å². The van der Waals surface area contributed by atoms with Crippen molar-refractivity contribution in [3.63, 3.8) is 0 Å². The van der Waals surface area contributed by atoms with Crippen molar-refractivity contribution >= 4 is 0 Å². The Hall–Kier alpha value is -0.120. The van der Waals surface area contributed by atoms with Crippen LogP contribution in [0.15, 0.2) is 0 Å². The van der Waals surface area contributed by atoms with E-state index in [1.165, 1.54) is 77.3 Å². The zero-order valence-corrected chi connectivity index (χ0v) is 13.2. The van der Waals surface area contributed by atoms with E-state index in [9.17, 15) is 0 Å². The summed E-state index contributed by atoms with van der Waals surface area (Å²) in [6.07, 6.45) is 14.0. The van der Waals surface area contributed by atoms with Crippen molar-refractivity contribution in [1.29, 1.82) is 0 Å². The fourth-order valence-electron chi connectivity index (χ4n) is 4.40. The smallest absolute Gasteiger partial charge is 0.0710 e. The van der Waals surface area contributed by atoms with Gasteiger partial charge in [-0.25, -0.2) is 0 Å². The van der Waals surface area contributed by atoms with Crippen molar-refractivity contribution in [1.82, 2.24) is 10.2 Å². The maximum absolute atomic E-state index is 6.42. The van der Waals surface area contributed by atoms with Crippen LogP contribution >= 0.6 is 0 Å². The third-order valence-corrected chi connectivity index (χ3v) is 5.64. The highest BCUT2D eigenvalue weighted by Crippen LogP contribution is 2.43. The molecule has 0 aromatic rings. The third kappa shape index (κ3) is 3.75. The number of rotatable bonds is 5. The van der Waals surface area contributed by atoms with Crippen LogP contribution in [0, 0.1) is 0 Å². The molecule has 0 bridgehead atoms. The molecular weight excluding hydrogens is 248 g/mol. The van der Waals surface area contributed by atoms with E-state index in [2.05, 4.69) is 17.3 Å². The van der Waals surface area contributed by atoms with Crippen LogP contribution in [0.25, 0.3) is 0 Å². The van der Waals surface area contributed by atoms with Crippen LogP contribution in [0.2, 0.25) is 0 Å². The Labute approximate surface area is 124 Å². The second-order valence-corrected chi connectivity index (χ2v) is 7.37. The molecule has 2 aliphatic heterocycles. The standard InChI is InChI=1S/C17H32N2O/c1-19(13-8-15-6-2-5-12-18-15)14-16-7-11-17(20-16)9-3-4-10-17/h15-16,18H,2-14H2,1H3. The number of likely N-dealkylation sites (N-methyl/N-ethyl adjacent to an activating group) is 1. The fraction of sp³-hybridized carbons (Fsp3) is 1.00. The van der Waals surface area contributed by atoms with Gasteiger partial charge in [-0.15, -0.1) is 0 Å². The maximum atomic E-state index is 6.42. The molecule has 2 atom stereocenters. The van der Waals surface area contributed by atoms with E-state index in [1.54, 1.807) is 0 Å². The predicted molar refractivity (Wildman–Crippen MR) is 83.1 cm³/mol. The number of hydrogen-bond acceptors (Lipinski definition) is 3. The summed E-state index contributed by atoms with van der Waals surface area (Å²) in [6, 6.07) is 0.761. The Balaban J connectivity index is 1.35. The highest BCUT2D eigenvalue weighted by Gasteiger charge is 2.42. The van der Waals surface area contributed by atoms with Gasteiger partial charge in [0.05, 0.1) is 11.7 Å². The lowest BCUT2D eigenvalue weighted by molar-refractivity contribution is -0.0453. The van der Waals surface area contributed by atoms with E-state index in [0.29, 0.717) is 11.7 Å². The van der Waals surface area contributed by atoms with Gasteiger partial charge >= 0.3 is 0 Å². The van der Waals surface area contributed by atoms with Crippen LogP contribution < -0.4 is 5.32 Å². The first-order valence-electron chi connectivity index (χ1n) is 8.86. The second-order valence-electron chi connectivity index (χ2n) is 7.37. The van der Waals surface area contributed by atoms with E-state index in [0.717, 1.165) is 12.6 Å². The summed E-state index contributed by atoms with van der Waals surface area (Å²) < 4.78 is 6.42. The first-order valence-corrected chi connectivity index (χ1v) is 8.86. The number of nitrogens with zero attached hydrogens (tertiary/aromatic N) is 1. The van der Waals surface area contributed by atoms with Crippen molar-refractivity contribution in [3.8, 4) is 0 Å². The molecule has 3 rings (SSSR count). The Morgan fingerprint density at radius 2 is 1.95 bits per heavy atom. The lowest BCUT2D eigenvalue weighted by atomic mass is 9.98. The molecule has 116 valence electrons. The van der Waals surface area contributed by atoms with E-state index in [-0.39, 0.29) is 0 Å². The largest absolute Gasteiger partial charge is 0.370 e. The quantitative estimate of drug-likeness (QED) is 0.838. The summed E-state index contributed by atoms with van der Waals surface area (Å²) in [5.41, 5.74) is 0.302. The van der Waals surface area contributed by atoms with Crippen LogP contribution in [-0.2, 0) is 4.74 Å². The molecular formula is C17H32N2O. The molecule has 1 aliphatic carbocycles. The lowest BCUT2D eigenvalue weighted by Crippen LogP contribution is -2.38. The average Bonchev–Trinajstić information content (AvgIpc) is 3.09. The summed E-state index contributed by atoms with van der Waals surface area (Å²) >= 11 is 0. The molecule has 0 aromatic heterocycles. The summed E-state index contributed by atoms with van der Waals surface area (Å²) in [5.74, 6) is 0. The van der Waals surface area contributed by atoms with Gasteiger partial charge in [0.2, 0.25) is 0 Å². The number of hydrogen-bond donors (Lipinski definition) is 1. The first kappa shape index (κ1) is 14.8. The van der Waals surface area contributed by atoms with Crippen molar-refractivity contribution in [2.24, 2.45) is 0 Å². The van der Waals surface area contributed by atoms with Gasteiger partial charge in [0.15, 0.2) is 0 Å². The minimum atomic E-state index is 0.302. The van der Waals surface area contributed by atoms with E-state index in [1.807, 2.05) is 0 Å². The summed E-state index contributed by atoms with van der Waals surface area (Å²) in [4.78, 5) is 2.49. The van der Waals surface area contributed by atoms with Gasteiger partial charge < -0.3 is 15.0 Å². The summed E-state index contributed by atoms with van der Waals surface area (Å²) in [7, 11) is 2.27. The summed E-state index contributed by atoms with van der Waals surface area (Å²) in [5, 5.41) is 3.65. The van der Waals surface area contributed by atoms with Crippen molar-refractivity contribution < 1.29 is 4.74 Å². The predicted octanol–water partition coefficient (Wildman–Crippen LogP) is 2.94. The average molecular weight is 280 g/mol. The molecule has 2 unspecified atom stereocenters. The Morgan fingerprint density at radius 3 is 2.70 bits per heavy atom. The normalized spacial score (nSPS) is 33.3.